The minimum Gasteiger partial charge on any atom is -0.352 e. The summed E-state index contributed by atoms with van der Waals surface area (Å²) in [6.45, 7) is 2.48. The van der Waals surface area contributed by atoms with Gasteiger partial charge >= 0.3 is 0 Å². The Labute approximate surface area is 163 Å². The highest BCUT2D eigenvalue weighted by atomic mass is 32.2. The molecule has 0 radical (unpaired) electrons. The van der Waals surface area contributed by atoms with Crippen molar-refractivity contribution in [1.82, 2.24) is 5.32 Å². The Balaban J connectivity index is 1.41. The molecule has 4 saturated carbocycles. The molecular weight excluding hydrogens is 358 g/mol. The maximum atomic E-state index is 12.7. The predicted molar refractivity (Wildman–Crippen MR) is 106 cm³/mol. The van der Waals surface area contributed by atoms with E-state index in [-0.39, 0.29) is 22.1 Å². The number of benzene rings is 1. The Bertz CT molecular complexity index is 779. The number of carbonyl (C=O) groups excluding carboxylic acids is 1. The van der Waals surface area contributed by atoms with Gasteiger partial charge in [-0.05, 0) is 86.7 Å². The van der Waals surface area contributed by atoms with E-state index in [2.05, 4.69) is 5.32 Å². The standard InChI is InChI=1S/C22H31NO3S/c1-2-9-27(25,26)20-6-4-3-5-19(20)21(24)23-8-7-22-13-16-10-17(14-22)12-18(11-16)15-22/h3-6,16-18H,2,7-15H2,1H3,(H,23,24). The molecule has 0 heterocycles. The molecule has 0 aliphatic heterocycles. The molecule has 4 bridgehead atoms. The normalized spacial score (nSPS) is 31.8. The average molecular weight is 390 g/mol. The lowest BCUT2D eigenvalue weighted by atomic mass is 9.49. The molecule has 27 heavy (non-hydrogen) atoms. The molecule has 1 aromatic rings. The molecule has 1 N–H and O–H groups in total. The van der Waals surface area contributed by atoms with Crippen molar-refractivity contribution in [2.24, 2.45) is 23.2 Å². The van der Waals surface area contributed by atoms with Crippen molar-refractivity contribution in [3.63, 3.8) is 0 Å². The van der Waals surface area contributed by atoms with Crippen molar-refractivity contribution in [3.05, 3.63) is 29.8 Å². The molecule has 0 unspecified atom stereocenters. The lowest BCUT2D eigenvalue weighted by Gasteiger charge is -2.57. The summed E-state index contributed by atoms with van der Waals surface area (Å²) in [7, 11) is -3.41. The summed E-state index contributed by atoms with van der Waals surface area (Å²) in [6, 6.07) is 6.61. The minimum atomic E-state index is -3.41. The first-order chi connectivity index (χ1) is 12.9. The van der Waals surface area contributed by atoms with Crippen LogP contribution >= 0.6 is 0 Å². The second kappa shape index (κ2) is 7.23. The second-order valence-corrected chi connectivity index (χ2v) is 11.3. The van der Waals surface area contributed by atoms with Crippen LogP contribution in [-0.2, 0) is 9.84 Å². The molecule has 5 rings (SSSR count). The van der Waals surface area contributed by atoms with Gasteiger partial charge in [-0.15, -0.1) is 0 Å². The van der Waals surface area contributed by atoms with Gasteiger partial charge in [0, 0.05) is 6.54 Å². The highest BCUT2D eigenvalue weighted by Gasteiger charge is 2.50. The highest BCUT2D eigenvalue weighted by molar-refractivity contribution is 7.91. The van der Waals surface area contributed by atoms with E-state index in [1.165, 1.54) is 38.5 Å². The Morgan fingerprint density at radius 3 is 2.26 bits per heavy atom. The van der Waals surface area contributed by atoms with Crippen molar-refractivity contribution in [2.45, 2.75) is 63.2 Å². The van der Waals surface area contributed by atoms with E-state index in [1.807, 2.05) is 6.92 Å². The van der Waals surface area contributed by atoms with E-state index in [0.29, 0.717) is 18.4 Å². The molecule has 0 atom stereocenters. The molecule has 4 aliphatic rings. The quantitative estimate of drug-likeness (QED) is 0.760. The minimum absolute atomic E-state index is 0.0740. The Hall–Kier alpha value is -1.36. The summed E-state index contributed by atoms with van der Waals surface area (Å²) >= 11 is 0. The van der Waals surface area contributed by atoms with E-state index in [1.54, 1.807) is 24.3 Å². The van der Waals surface area contributed by atoms with Gasteiger partial charge in [0.2, 0.25) is 0 Å². The zero-order valence-electron chi connectivity index (χ0n) is 16.2. The smallest absolute Gasteiger partial charge is 0.252 e. The molecule has 5 heteroatoms. The third-order valence-corrected chi connectivity index (χ3v) is 9.02. The van der Waals surface area contributed by atoms with Gasteiger partial charge in [0.25, 0.3) is 5.91 Å². The van der Waals surface area contributed by atoms with Gasteiger partial charge in [0.15, 0.2) is 9.84 Å². The molecule has 1 aromatic carbocycles. The van der Waals surface area contributed by atoms with Gasteiger partial charge in [-0.1, -0.05) is 19.1 Å². The van der Waals surface area contributed by atoms with Gasteiger partial charge in [-0.25, -0.2) is 8.42 Å². The van der Waals surface area contributed by atoms with Crippen molar-refractivity contribution in [1.29, 1.82) is 0 Å². The molecule has 4 aliphatic carbocycles. The fourth-order valence-corrected chi connectivity index (χ4v) is 7.98. The van der Waals surface area contributed by atoms with Gasteiger partial charge in [0.05, 0.1) is 16.2 Å². The van der Waals surface area contributed by atoms with E-state index >= 15 is 0 Å². The molecule has 0 saturated heterocycles. The summed E-state index contributed by atoms with van der Waals surface area (Å²) in [5, 5.41) is 3.03. The maximum absolute atomic E-state index is 12.7. The molecule has 4 fully saturated rings. The highest BCUT2D eigenvalue weighted by Crippen LogP contribution is 2.61. The molecule has 0 spiro atoms. The molecule has 0 aromatic heterocycles. The number of carbonyl (C=O) groups is 1. The fourth-order valence-electron chi connectivity index (χ4n) is 6.44. The lowest BCUT2D eigenvalue weighted by molar-refractivity contribution is -0.0564. The van der Waals surface area contributed by atoms with E-state index in [0.717, 1.165) is 24.2 Å². The summed E-state index contributed by atoms with van der Waals surface area (Å²) < 4.78 is 25.0. The second-order valence-electron chi connectivity index (χ2n) is 9.24. The fraction of sp³-hybridized carbons (Fsp3) is 0.682. The van der Waals surface area contributed by atoms with Gasteiger partial charge in [0.1, 0.15) is 0 Å². The van der Waals surface area contributed by atoms with Crippen molar-refractivity contribution >= 4 is 15.7 Å². The predicted octanol–water partition coefficient (Wildman–Crippen LogP) is 4.21. The van der Waals surface area contributed by atoms with Crippen LogP contribution in [0.25, 0.3) is 0 Å². The number of rotatable bonds is 7. The average Bonchev–Trinajstić information content (AvgIpc) is 2.60. The summed E-state index contributed by atoms with van der Waals surface area (Å²) in [5.74, 6) is 2.55. The van der Waals surface area contributed by atoms with Crippen LogP contribution in [0.5, 0.6) is 0 Å². The van der Waals surface area contributed by atoms with Crippen LogP contribution in [0.1, 0.15) is 68.6 Å². The van der Waals surface area contributed by atoms with Crippen molar-refractivity contribution in [3.8, 4) is 0 Å². The Kier molecular flexibility index (Phi) is 5.08. The third kappa shape index (κ3) is 3.80. The number of nitrogens with one attached hydrogen (secondary N) is 1. The van der Waals surface area contributed by atoms with Gasteiger partial charge < -0.3 is 5.32 Å². The number of amides is 1. The van der Waals surface area contributed by atoms with Crippen molar-refractivity contribution < 1.29 is 13.2 Å². The first-order valence-corrected chi connectivity index (χ1v) is 12.2. The largest absolute Gasteiger partial charge is 0.352 e. The van der Waals surface area contributed by atoms with Gasteiger partial charge in [-0.2, -0.15) is 0 Å². The molecule has 148 valence electrons. The van der Waals surface area contributed by atoms with Crippen LogP contribution in [0.4, 0.5) is 0 Å². The van der Waals surface area contributed by atoms with Crippen LogP contribution < -0.4 is 5.32 Å². The topological polar surface area (TPSA) is 63.2 Å². The number of sulfone groups is 1. The summed E-state index contributed by atoms with van der Waals surface area (Å²) in [4.78, 5) is 12.9. The SMILES string of the molecule is CCCS(=O)(=O)c1ccccc1C(=O)NCCC12CC3CC(CC(C3)C1)C2. The van der Waals surface area contributed by atoms with Crippen LogP contribution in [-0.4, -0.2) is 26.6 Å². The zero-order valence-corrected chi connectivity index (χ0v) is 17.1. The first kappa shape index (κ1) is 19.0. The van der Waals surface area contributed by atoms with Gasteiger partial charge in [-0.3, -0.25) is 4.79 Å². The zero-order chi connectivity index (χ0) is 19.1. The third-order valence-electron chi connectivity index (χ3n) is 7.05. The van der Waals surface area contributed by atoms with E-state index in [4.69, 9.17) is 0 Å². The van der Waals surface area contributed by atoms with E-state index < -0.39 is 9.84 Å². The lowest BCUT2D eigenvalue weighted by Crippen LogP contribution is -2.47. The molecule has 4 nitrogen and oxygen atoms in total. The first-order valence-electron chi connectivity index (χ1n) is 10.5. The van der Waals surface area contributed by atoms with Crippen molar-refractivity contribution in [2.75, 3.05) is 12.3 Å². The summed E-state index contributed by atoms with van der Waals surface area (Å²) in [6.07, 6.45) is 9.84. The molecular formula is C22H31NO3S. The monoisotopic (exact) mass is 389 g/mol. The number of hydrogen-bond donors (Lipinski definition) is 1. The van der Waals surface area contributed by atoms with Crippen LogP contribution in [0.15, 0.2) is 29.2 Å². The summed E-state index contributed by atoms with van der Waals surface area (Å²) in [5.41, 5.74) is 0.715. The Morgan fingerprint density at radius 2 is 1.67 bits per heavy atom. The Morgan fingerprint density at radius 1 is 1.07 bits per heavy atom. The van der Waals surface area contributed by atoms with Crippen LogP contribution in [0.2, 0.25) is 0 Å². The van der Waals surface area contributed by atoms with Crippen LogP contribution in [0, 0.1) is 23.2 Å². The van der Waals surface area contributed by atoms with Crippen LogP contribution in [0.3, 0.4) is 0 Å². The van der Waals surface area contributed by atoms with E-state index in [9.17, 15) is 13.2 Å². The molecule has 1 amide bonds. The number of hydrogen-bond acceptors (Lipinski definition) is 3. The maximum Gasteiger partial charge on any atom is 0.252 e.